The van der Waals surface area contributed by atoms with Crippen LogP contribution in [0.4, 0.5) is 0 Å². The number of hydrogen-bond acceptors (Lipinski definition) is 4. The van der Waals surface area contributed by atoms with Crippen LogP contribution in [0.3, 0.4) is 0 Å². The zero-order chi connectivity index (χ0) is 15.8. The van der Waals surface area contributed by atoms with Crippen molar-refractivity contribution < 1.29 is 19.0 Å². The van der Waals surface area contributed by atoms with Crippen molar-refractivity contribution in [1.82, 2.24) is 0 Å². The van der Waals surface area contributed by atoms with Crippen molar-refractivity contribution in [2.24, 2.45) is 5.92 Å². The minimum absolute atomic E-state index is 0.144. The predicted octanol–water partition coefficient (Wildman–Crippen LogP) is 3.75. The van der Waals surface area contributed by atoms with Crippen molar-refractivity contribution in [3.63, 3.8) is 0 Å². The van der Waals surface area contributed by atoms with Gasteiger partial charge >= 0.3 is 0 Å². The maximum absolute atomic E-state index is 12.4. The zero-order valence-electron chi connectivity index (χ0n) is 13.0. The fourth-order valence-electron chi connectivity index (χ4n) is 2.50. The van der Waals surface area contributed by atoms with Crippen LogP contribution in [0.15, 0.2) is 18.2 Å². The highest BCUT2D eigenvalue weighted by Gasteiger charge is 2.19. The van der Waals surface area contributed by atoms with Crippen molar-refractivity contribution in [3.05, 3.63) is 28.8 Å². The van der Waals surface area contributed by atoms with Gasteiger partial charge in [-0.05, 0) is 37.0 Å². The SMILES string of the molecule is COCCCOc1cc(C(=O)CC2CCOCC2)ccc1Cl. The van der Waals surface area contributed by atoms with Crippen LogP contribution >= 0.6 is 11.6 Å². The van der Waals surface area contributed by atoms with Crippen molar-refractivity contribution >= 4 is 17.4 Å². The molecule has 0 saturated carbocycles. The Labute approximate surface area is 136 Å². The lowest BCUT2D eigenvalue weighted by atomic mass is 9.92. The van der Waals surface area contributed by atoms with Gasteiger partial charge in [0.1, 0.15) is 5.75 Å². The van der Waals surface area contributed by atoms with E-state index < -0.39 is 0 Å². The van der Waals surface area contributed by atoms with Crippen LogP contribution < -0.4 is 4.74 Å². The lowest BCUT2D eigenvalue weighted by Crippen LogP contribution is -2.18. The fourth-order valence-corrected chi connectivity index (χ4v) is 2.68. The maximum atomic E-state index is 12.4. The topological polar surface area (TPSA) is 44.8 Å². The minimum atomic E-state index is 0.144. The lowest BCUT2D eigenvalue weighted by molar-refractivity contribution is 0.0601. The van der Waals surface area contributed by atoms with E-state index in [-0.39, 0.29) is 5.78 Å². The second-order valence-corrected chi connectivity index (χ2v) is 5.93. The van der Waals surface area contributed by atoms with Crippen LogP contribution in [0, 0.1) is 5.92 Å². The summed E-state index contributed by atoms with van der Waals surface area (Å²) in [5, 5.41) is 0.528. The predicted molar refractivity (Wildman–Crippen MR) is 85.9 cm³/mol. The van der Waals surface area contributed by atoms with Crippen LogP contribution in [-0.2, 0) is 9.47 Å². The van der Waals surface area contributed by atoms with Crippen LogP contribution in [0.5, 0.6) is 5.75 Å². The Hall–Kier alpha value is -1.10. The first-order valence-corrected chi connectivity index (χ1v) is 8.10. The Kier molecular flexibility index (Phi) is 7.16. The van der Waals surface area contributed by atoms with E-state index >= 15 is 0 Å². The maximum Gasteiger partial charge on any atom is 0.163 e. The lowest BCUT2D eigenvalue weighted by Gasteiger charge is -2.21. The van der Waals surface area contributed by atoms with Gasteiger partial charge in [-0.2, -0.15) is 0 Å². The second kappa shape index (κ2) is 9.13. The zero-order valence-corrected chi connectivity index (χ0v) is 13.7. The fraction of sp³-hybridized carbons (Fsp3) is 0.588. The third-order valence-corrected chi connectivity index (χ3v) is 4.13. The minimum Gasteiger partial charge on any atom is -0.492 e. The normalized spacial score (nSPS) is 15.7. The van der Waals surface area contributed by atoms with Crippen molar-refractivity contribution in [3.8, 4) is 5.75 Å². The molecule has 0 bridgehead atoms. The van der Waals surface area contributed by atoms with Crippen molar-refractivity contribution in [2.45, 2.75) is 25.7 Å². The summed E-state index contributed by atoms with van der Waals surface area (Å²) in [4.78, 5) is 12.4. The van der Waals surface area contributed by atoms with Crippen molar-refractivity contribution in [2.75, 3.05) is 33.5 Å². The number of halogens is 1. The smallest absolute Gasteiger partial charge is 0.163 e. The molecule has 22 heavy (non-hydrogen) atoms. The summed E-state index contributed by atoms with van der Waals surface area (Å²) in [6.45, 7) is 2.67. The van der Waals surface area contributed by atoms with E-state index in [2.05, 4.69) is 0 Å². The molecule has 1 fully saturated rings. The summed E-state index contributed by atoms with van der Waals surface area (Å²) >= 11 is 6.12. The monoisotopic (exact) mass is 326 g/mol. The molecule has 0 spiro atoms. The number of methoxy groups -OCH3 is 1. The number of hydrogen-bond donors (Lipinski definition) is 0. The van der Waals surface area contributed by atoms with E-state index in [0.717, 1.165) is 32.5 Å². The van der Waals surface area contributed by atoms with Crippen LogP contribution in [0.2, 0.25) is 5.02 Å². The Morgan fingerprint density at radius 2 is 2.09 bits per heavy atom. The molecule has 1 aliphatic heterocycles. The van der Waals surface area contributed by atoms with E-state index in [9.17, 15) is 4.79 Å². The van der Waals surface area contributed by atoms with Crippen LogP contribution in [-0.4, -0.2) is 39.3 Å². The molecular weight excluding hydrogens is 304 g/mol. The third kappa shape index (κ3) is 5.27. The Bertz CT molecular complexity index is 484. The summed E-state index contributed by atoms with van der Waals surface area (Å²) < 4.78 is 15.9. The third-order valence-electron chi connectivity index (χ3n) is 3.82. The van der Waals surface area contributed by atoms with Gasteiger partial charge in [-0.25, -0.2) is 0 Å². The Morgan fingerprint density at radius 1 is 1.32 bits per heavy atom. The molecule has 1 heterocycles. The average molecular weight is 327 g/mol. The molecule has 0 unspecified atom stereocenters. The highest BCUT2D eigenvalue weighted by atomic mass is 35.5. The number of ether oxygens (including phenoxy) is 3. The van der Waals surface area contributed by atoms with Crippen LogP contribution in [0.25, 0.3) is 0 Å². The molecule has 1 aromatic carbocycles. The van der Waals surface area contributed by atoms with Gasteiger partial charge in [0.25, 0.3) is 0 Å². The quantitative estimate of drug-likeness (QED) is 0.539. The molecule has 1 saturated heterocycles. The van der Waals surface area contributed by atoms with Gasteiger partial charge in [-0.3, -0.25) is 4.79 Å². The van der Waals surface area contributed by atoms with Gasteiger partial charge in [-0.15, -0.1) is 0 Å². The molecule has 0 aromatic heterocycles. The number of carbonyl (C=O) groups is 1. The Balaban J connectivity index is 1.93. The molecule has 5 heteroatoms. The van der Waals surface area contributed by atoms with Crippen molar-refractivity contribution in [1.29, 1.82) is 0 Å². The summed E-state index contributed by atoms with van der Waals surface area (Å²) in [5.41, 5.74) is 0.664. The largest absolute Gasteiger partial charge is 0.492 e. The summed E-state index contributed by atoms with van der Waals surface area (Å²) in [6, 6.07) is 5.24. The standard InChI is InChI=1S/C17H23ClO4/c1-20-7-2-8-22-17-12-14(3-4-15(17)18)16(19)11-13-5-9-21-10-6-13/h3-4,12-13H,2,5-11H2,1H3. The van der Waals surface area contributed by atoms with Gasteiger partial charge < -0.3 is 14.2 Å². The van der Waals surface area contributed by atoms with Gasteiger partial charge in [-0.1, -0.05) is 11.6 Å². The molecule has 122 valence electrons. The van der Waals surface area contributed by atoms with E-state index in [1.807, 2.05) is 0 Å². The summed E-state index contributed by atoms with van der Waals surface area (Å²) in [6.07, 6.45) is 3.26. The second-order valence-electron chi connectivity index (χ2n) is 5.52. The van der Waals surface area contributed by atoms with Gasteiger partial charge in [0.05, 0.1) is 11.6 Å². The van der Waals surface area contributed by atoms with E-state index in [1.54, 1.807) is 25.3 Å². The van der Waals surface area contributed by atoms with E-state index in [1.165, 1.54) is 0 Å². The number of benzene rings is 1. The molecular formula is C17H23ClO4. The molecule has 4 nitrogen and oxygen atoms in total. The Morgan fingerprint density at radius 3 is 2.82 bits per heavy atom. The van der Waals surface area contributed by atoms with Crippen LogP contribution in [0.1, 0.15) is 36.0 Å². The number of Topliss-reactive ketones (excluding diaryl/α,β-unsaturated/α-hetero) is 1. The number of carbonyl (C=O) groups excluding carboxylic acids is 1. The molecule has 1 aromatic rings. The molecule has 0 atom stereocenters. The first-order chi connectivity index (χ1) is 10.7. The first kappa shape index (κ1) is 17.3. The summed E-state index contributed by atoms with van der Waals surface area (Å²) in [7, 11) is 1.66. The molecule has 0 aliphatic carbocycles. The van der Waals surface area contributed by atoms with E-state index in [0.29, 0.717) is 41.9 Å². The van der Waals surface area contributed by atoms with E-state index in [4.69, 9.17) is 25.8 Å². The number of ketones is 1. The molecule has 2 rings (SSSR count). The first-order valence-electron chi connectivity index (χ1n) is 7.73. The molecule has 1 aliphatic rings. The highest BCUT2D eigenvalue weighted by Crippen LogP contribution is 2.28. The molecule has 0 radical (unpaired) electrons. The van der Waals surface area contributed by atoms with Gasteiger partial charge in [0, 0.05) is 45.3 Å². The van der Waals surface area contributed by atoms with Gasteiger partial charge in [0.15, 0.2) is 5.78 Å². The van der Waals surface area contributed by atoms with Gasteiger partial charge in [0.2, 0.25) is 0 Å². The number of rotatable bonds is 8. The molecule has 0 amide bonds. The average Bonchev–Trinajstić information content (AvgIpc) is 2.54. The molecule has 0 N–H and O–H groups in total. The summed E-state index contributed by atoms with van der Waals surface area (Å²) in [5.74, 6) is 1.13. The highest BCUT2D eigenvalue weighted by molar-refractivity contribution is 6.32.